The van der Waals surface area contributed by atoms with Crippen molar-refractivity contribution in [2.75, 3.05) is 12.0 Å². The number of nitrogens with two attached hydrogens (primary N) is 1. The summed E-state index contributed by atoms with van der Waals surface area (Å²) in [5.74, 6) is 0.360. The first-order valence-electron chi connectivity index (χ1n) is 6.23. The Hall–Kier alpha value is -2.08. The van der Waals surface area contributed by atoms with E-state index in [4.69, 9.17) is 5.73 Å². The molecule has 3 aromatic rings. The number of fused-ring (bicyclic) bond motifs is 1. The molecule has 6 heteroatoms. The number of thioether (sulfide) groups is 1. The van der Waals surface area contributed by atoms with Gasteiger partial charge in [0.05, 0.1) is 0 Å². The molecule has 0 saturated carbocycles. The second kappa shape index (κ2) is 4.79. The molecule has 0 aliphatic rings. The van der Waals surface area contributed by atoms with Crippen LogP contribution in [-0.4, -0.2) is 26.2 Å². The first-order valence-corrected chi connectivity index (χ1v) is 7.46. The summed E-state index contributed by atoms with van der Waals surface area (Å²) >= 11 is 1.50. The number of H-pyrrole nitrogens is 1. The molecule has 0 fully saturated rings. The number of nitrogens with zero attached hydrogens (tertiary/aromatic N) is 3. The Kier molecular flexibility index (Phi) is 3.10. The molecular formula is C14H15N5S. The molecule has 0 bridgehead atoms. The largest absolute Gasteiger partial charge is 0.369 e. The number of rotatable bonds is 2. The number of imidazole rings is 1. The number of anilines is 1. The Morgan fingerprint density at radius 1 is 1.15 bits per heavy atom. The molecule has 102 valence electrons. The minimum absolute atomic E-state index is 0.360. The number of aryl methyl sites for hydroxylation is 2. The molecule has 5 nitrogen and oxygen atoms in total. The van der Waals surface area contributed by atoms with Gasteiger partial charge >= 0.3 is 0 Å². The molecule has 1 aromatic carbocycles. The normalized spacial score (nSPS) is 11.2. The molecule has 0 atom stereocenters. The molecule has 0 unspecified atom stereocenters. The molecule has 3 N–H and O–H groups in total. The van der Waals surface area contributed by atoms with Crippen molar-refractivity contribution >= 4 is 28.9 Å². The molecular weight excluding hydrogens is 270 g/mol. The van der Waals surface area contributed by atoms with E-state index in [0.717, 1.165) is 11.3 Å². The molecule has 2 heterocycles. The van der Waals surface area contributed by atoms with Gasteiger partial charge in [-0.15, -0.1) is 0 Å². The highest BCUT2D eigenvalue weighted by Gasteiger charge is 2.15. The van der Waals surface area contributed by atoms with Crippen LogP contribution in [0.5, 0.6) is 0 Å². The van der Waals surface area contributed by atoms with Crippen molar-refractivity contribution in [2.24, 2.45) is 0 Å². The summed E-state index contributed by atoms with van der Waals surface area (Å²) in [6, 6.07) is 6.28. The Balaban J connectivity index is 2.33. The zero-order valence-corrected chi connectivity index (χ0v) is 12.4. The third-order valence-corrected chi connectivity index (χ3v) is 3.71. The van der Waals surface area contributed by atoms with Gasteiger partial charge < -0.3 is 10.7 Å². The maximum absolute atomic E-state index is 5.75. The van der Waals surface area contributed by atoms with Gasteiger partial charge in [0.25, 0.3) is 0 Å². The highest BCUT2D eigenvalue weighted by atomic mass is 32.2. The number of hydrogen-bond acceptors (Lipinski definition) is 5. The van der Waals surface area contributed by atoms with Crippen molar-refractivity contribution in [3.63, 3.8) is 0 Å². The Morgan fingerprint density at radius 3 is 2.65 bits per heavy atom. The predicted molar refractivity (Wildman–Crippen MR) is 82.8 cm³/mol. The van der Waals surface area contributed by atoms with E-state index < -0.39 is 0 Å². The van der Waals surface area contributed by atoms with Gasteiger partial charge in [-0.25, -0.2) is 15.0 Å². The second-order valence-corrected chi connectivity index (χ2v) is 5.47. The van der Waals surface area contributed by atoms with Crippen LogP contribution in [-0.2, 0) is 0 Å². The van der Waals surface area contributed by atoms with Crippen LogP contribution in [0.2, 0.25) is 0 Å². The lowest BCUT2D eigenvalue weighted by molar-refractivity contribution is 1.00. The molecule has 20 heavy (non-hydrogen) atoms. The van der Waals surface area contributed by atoms with E-state index in [1.165, 1.54) is 22.9 Å². The zero-order valence-electron chi connectivity index (χ0n) is 11.6. The minimum Gasteiger partial charge on any atom is -0.369 e. The summed E-state index contributed by atoms with van der Waals surface area (Å²) in [5.41, 5.74) is 11.4. The van der Waals surface area contributed by atoms with E-state index in [-0.39, 0.29) is 0 Å². The SMILES string of the molecule is CSc1nc(-c2ccc(C)cc2C)c2nc(N)[nH]c2n1. The summed E-state index contributed by atoms with van der Waals surface area (Å²) in [6.07, 6.45) is 1.95. The second-order valence-electron chi connectivity index (χ2n) is 4.70. The maximum atomic E-state index is 5.75. The third kappa shape index (κ3) is 2.12. The molecule has 0 saturated heterocycles. The predicted octanol–water partition coefficient (Wildman–Crippen LogP) is 2.94. The first kappa shape index (κ1) is 12.9. The van der Waals surface area contributed by atoms with Crippen LogP contribution in [0.15, 0.2) is 23.4 Å². The average molecular weight is 285 g/mol. The Bertz CT molecular complexity index is 794. The van der Waals surface area contributed by atoms with E-state index in [1.807, 2.05) is 6.26 Å². The number of aromatic nitrogens is 4. The van der Waals surface area contributed by atoms with Gasteiger partial charge in [0.1, 0.15) is 11.2 Å². The smallest absolute Gasteiger partial charge is 0.199 e. The minimum atomic E-state index is 0.360. The first-order chi connectivity index (χ1) is 9.58. The van der Waals surface area contributed by atoms with Crippen LogP contribution in [0.1, 0.15) is 11.1 Å². The summed E-state index contributed by atoms with van der Waals surface area (Å²) in [6.45, 7) is 4.15. The van der Waals surface area contributed by atoms with Gasteiger partial charge in [0.15, 0.2) is 16.8 Å². The lowest BCUT2D eigenvalue weighted by Gasteiger charge is -2.08. The van der Waals surface area contributed by atoms with E-state index >= 15 is 0 Å². The number of benzene rings is 1. The van der Waals surface area contributed by atoms with E-state index in [1.54, 1.807) is 0 Å². The number of aromatic amines is 1. The van der Waals surface area contributed by atoms with E-state index in [0.29, 0.717) is 22.3 Å². The number of nitrogen functional groups attached to an aromatic ring is 1. The Labute approximate surface area is 121 Å². The summed E-state index contributed by atoms with van der Waals surface area (Å²) < 4.78 is 0. The van der Waals surface area contributed by atoms with Gasteiger partial charge in [-0.3, -0.25) is 0 Å². The fraction of sp³-hybridized carbons (Fsp3) is 0.214. The van der Waals surface area contributed by atoms with Gasteiger partial charge in [-0.1, -0.05) is 35.5 Å². The average Bonchev–Trinajstić information content (AvgIpc) is 2.78. The van der Waals surface area contributed by atoms with Crippen LogP contribution >= 0.6 is 11.8 Å². The topological polar surface area (TPSA) is 80.5 Å². The van der Waals surface area contributed by atoms with Gasteiger partial charge in [0, 0.05) is 5.56 Å². The monoisotopic (exact) mass is 285 g/mol. The quantitative estimate of drug-likeness (QED) is 0.559. The Morgan fingerprint density at radius 2 is 1.95 bits per heavy atom. The molecule has 0 amide bonds. The maximum Gasteiger partial charge on any atom is 0.199 e. The fourth-order valence-electron chi connectivity index (χ4n) is 2.26. The highest BCUT2D eigenvalue weighted by Crippen LogP contribution is 2.29. The van der Waals surface area contributed by atoms with Crippen molar-refractivity contribution in [3.05, 3.63) is 29.3 Å². The summed E-state index contributed by atoms with van der Waals surface area (Å²) in [7, 11) is 0. The third-order valence-electron chi connectivity index (χ3n) is 3.16. The van der Waals surface area contributed by atoms with Gasteiger partial charge in [0.2, 0.25) is 0 Å². The molecule has 3 rings (SSSR count). The van der Waals surface area contributed by atoms with Crippen molar-refractivity contribution in [2.45, 2.75) is 19.0 Å². The van der Waals surface area contributed by atoms with Crippen LogP contribution in [0.4, 0.5) is 5.95 Å². The summed E-state index contributed by atoms with van der Waals surface area (Å²) in [5, 5.41) is 0.705. The van der Waals surface area contributed by atoms with Crippen LogP contribution in [0, 0.1) is 13.8 Å². The van der Waals surface area contributed by atoms with Gasteiger partial charge in [-0.05, 0) is 25.7 Å². The van der Waals surface area contributed by atoms with Gasteiger partial charge in [-0.2, -0.15) is 0 Å². The molecule has 0 aliphatic carbocycles. The van der Waals surface area contributed by atoms with Crippen molar-refractivity contribution < 1.29 is 0 Å². The number of hydrogen-bond donors (Lipinski definition) is 2. The molecule has 0 spiro atoms. The lowest BCUT2D eigenvalue weighted by Crippen LogP contribution is -1.95. The van der Waals surface area contributed by atoms with E-state index in [9.17, 15) is 0 Å². The summed E-state index contributed by atoms with van der Waals surface area (Å²) in [4.78, 5) is 16.3. The van der Waals surface area contributed by atoms with E-state index in [2.05, 4.69) is 52.0 Å². The highest BCUT2D eigenvalue weighted by molar-refractivity contribution is 7.98. The van der Waals surface area contributed by atoms with Crippen molar-refractivity contribution in [3.8, 4) is 11.3 Å². The zero-order chi connectivity index (χ0) is 14.3. The van der Waals surface area contributed by atoms with Crippen molar-refractivity contribution in [1.29, 1.82) is 0 Å². The molecule has 2 aromatic heterocycles. The standard InChI is InChI=1S/C14H15N5S/c1-7-4-5-9(8(2)6-7)10-11-12(18-13(15)16-11)19-14(17-10)20-3/h4-6H,1-3H3,(H3,15,16,17,18,19). The van der Waals surface area contributed by atoms with Crippen LogP contribution in [0.3, 0.4) is 0 Å². The number of nitrogens with one attached hydrogen (secondary N) is 1. The molecule has 0 aliphatic heterocycles. The fourth-order valence-corrected chi connectivity index (χ4v) is 2.62. The van der Waals surface area contributed by atoms with Crippen LogP contribution in [0.25, 0.3) is 22.4 Å². The van der Waals surface area contributed by atoms with Crippen molar-refractivity contribution in [1.82, 2.24) is 19.9 Å². The molecule has 0 radical (unpaired) electrons. The van der Waals surface area contributed by atoms with Crippen LogP contribution < -0.4 is 5.73 Å². The lowest BCUT2D eigenvalue weighted by atomic mass is 10.0.